The first-order valence-corrected chi connectivity index (χ1v) is 5.15. The lowest BCUT2D eigenvalue weighted by Crippen LogP contribution is -1.85. The molecule has 0 amide bonds. The molecule has 18 heavy (non-hydrogen) atoms. The van der Waals surface area contributed by atoms with Gasteiger partial charge in [0, 0.05) is 12.2 Å². The van der Waals surface area contributed by atoms with Crippen LogP contribution < -0.4 is 0 Å². The molecule has 0 heterocycles. The van der Waals surface area contributed by atoms with E-state index in [1.807, 2.05) is 0 Å². The minimum absolute atomic E-state index is 0.0708. The van der Waals surface area contributed by atoms with Gasteiger partial charge in [-0.3, -0.25) is 0 Å². The minimum Gasteiger partial charge on any atom is -0.173 e. The third kappa shape index (κ3) is 2.59. The molecule has 0 aliphatic carbocycles. The Hall–Kier alpha value is -2.10. The highest BCUT2D eigenvalue weighted by Gasteiger charge is 2.06. The smallest absolute Gasteiger partial charge is 0.173 e. The van der Waals surface area contributed by atoms with Crippen molar-refractivity contribution in [2.45, 2.75) is 0 Å². The monoisotopic (exact) mass is 252 g/mol. The van der Waals surface area contributed by atoms with Crippen molar-refractivity contribution < 1.29 is 17.6 Å². The third-order valence-corrected chi connectivity index (χ3v) is 2.52. The zero-order valence-electron chi connectivity index (χ0n) is 9.13. The molecule has 2 aromatic carbocycles. The number of benzene rings is 2. The van der Waals surface area contributed by atoms with Crippen LogP contribution in [0.3, 0.4) is 0 Å². The average Bonchev–Trinajstić information content (AvgIpc) is 2.31. The Morgan fingerprint density at radius 1 is 0.778 bits per heavy atom. The van der Waals surface area contributed by atoms with E-state index >= 15 is 0 Å². The van der Waals surface area contributed by atoms with Crippen LogP contribution in [0.4, 0.5) is 17.6 Å². The molecule has 0 nitrogen and oxygen atoms in total. The van der Waals surface area contributed by atoms with Crippen molar-refractivity contribution in [3.05, 3.63) is 59.7 Å². The van der Waals surface area contributed by atoms with E-state index in [1.165, 1.54) is 6.07 Å². The van der Waals surface area contributed by atoms with Crippen LogP contribution >= 0.6 is 0 Å². The van der Waals surface area contributed by atoms with Gasteiger partial charge in [-0.15, -0.1) is 0 Å². The van der Waals surface area contributed by atoms with Crippen molar-refractivity contribution in [2.75, 3.05) is 0 Å². The van der Waals surface area contributed by atoms with E-state index in [2.05, 4.69) is 0 Å². The topological polar surface area (TPSA) is 0 Å². The fourth-order valence-electron chi connectivity index (χ4n) is 1.83. The molecule has 0 fully saturated rings. The fourth-order valence-corrected chi connectivity index (χ4v) is 1.83. The zero-order chi connectivity index (χ0) is 13.1. The number of rotatable bonds is 2. The molecule has 0 saturated carbocycles. The Bertz CT molecular complexity index is 633. The third-order valence-electron chi connectivity index (χ3n) is 2.52. The van der Waals surface area contributed by atoms with Crippen molar-refractivity contribution in [3.8, 4) is 0 Å². The molecule has 0 bridgehead atoms. The zero-order valence-corrected chi connectivity index (χ0v) is 9.13. The van der Waals surface area contributed by atoms with Gasteiger partial charge < -0.3 is 0 Å². The van der Waals surface area contributed by atoms with Gasteiger partial charge in [0.2, 0.25) is 0 Å². The molecule has 0 unspecified atom stereocenters. The van der Waals surface area contributed by atoms with Crippen molar-refractivity contribution in [1.29, 1.82) is 0 Å². The molecule has 0 spiro atoms. The molecule has 0 aliphatic rings. The minimum atomic E-state index is -1.92. The molecule has 92 valence electrons. The highest BCUT2D eigenvalue weighted by molar-refractivity contribution is 5.94. The van der Waals surface area contributed by atoms with E-state index in [-0.39, 0.29) is 11.1 Å². The van der Waals surface area contributed by atoms with Gasteiger partial charge in [0.15, 0.2) is 0 Å². The van der Waals surface area contributed by atoms with Gasteiger partial charge in [0.25, 0.3) is 12.2 Å². The molecule has 0 N–H and O–H groups in total. The normalized spacial score (nSPS) is 10.2. The highest BCUT2D eigenvalue weighted by atomic mass is 19.3. The summed E-state index contributed by atoms with van der Waals surface area (Å²) in [7, 11) is 0. The summed E-state index contributed by atoms with van der Waals surface area (Å²) in [5.41, 5.74) is 0.169. The van der Waals surface area contributed by atoms with E-state index in [1.54, 1.807) is 30.3 Å². The van der Waals surface area contributed by atoms with Crippen molar-refractivity contribution in [3.63, 3.8) is 0 Å². The molecular weight excluding hydrogens is 244 g/mol. The molecule has 0 saturated heterocycles. The maximum absolute atomic E-state index is 12.4. The standard InChI is InChI=1S/C14H8F4/c15-13(16)7-10-6-5-9-3-1-2-4-11(9)12(10)8-14(17)18/h1-8H. The molecule has 0 atom stereocenters. The number of hydrogen-bond acceptors (Lipinski definition) is 0. The van der Waals surface area contributed by atoms with Gasteiger partial charge in [0.05, 0.1) is 0 Å². The number of halogens is 4. The van der Waals surface area contributed by atoms with Crippen LogP contribution in [0, 0.1) is 0 Å². The molecule has 0 radical (unpaired) electrons. The lowest BCUT2D eigenvalue weighted by atomic mass is 9.99. The summed E-state index contributed by atoms with van der Waals surface area (Å²) in [6, 6.07) is 9.82. The van der Waals surface area contributed by atoms with Crippen LogP contribution in [0.2, 0.25) is 0 Å². The van der Waals surface area contributed by atoms with Gasteiger partial charge in [0.1, 0.15) is 0 Å². The van der Waals surface area contributed by atoms with E-state index in [9.17, 15) is 17.6 Å². The first kappa shape index (κ1) is 12.4. The first-order chi connectivity index (χ1) is 8.58. The van der Waals surface area contributed by atoms with Crippen molar-refractivity contribution >= 4 is 22.9 Å². The number of fused-ring (bicyclic) bond motifs is 1. The quantitative estimate of drug-likeness (QED) is 0.635. The van der Waals surface area contributed by atoms with Crippen LogP contribution in [-0.4, -0.2) is 0 Å². The molecule has 2 rings (SSSR count). The molecule has 2 aromatic rings. The van der Waals surface area contributed by atoms with E-state index in [0.717, 1.165) is 5.39 Å². The lowest BCUT2D eigenvalue weighted by molar-refractivity contribution is 0.427. The average molecular weight is 252 g/mol. The second-order valence-corrected chi connectivity index (χ2v) is 3.66. The second kappa shape index (κ2) is 5.04. The van der Waals surface area contributed by atoms with E-state index < -0.39 is 12.2 Å². The Morgan fingerprint density at radius 3 is 2.11 bits per heavy atom. The van der Waals surface area contributed by atoms with Crippen LogP contribution in [0.15, 0.2) is 48.6 Å². The Balaban J connectivity index is 2.79. The Morgan fingerprint density at radius 2 is 1.44 bits per heavy atom. The van der Waals surface area contributed by atoms with Gasteiger partial charge in [-0.2, -0.15) is 17.6 Å². The van der Waals surface area contributed by atoms with E-state index in [0.29, 0.717) is 17.5 Å². The van der Waals surface area contributed by atoms with Crippen LogP contribution in [0.1, 0.15) is 11.1 Å². The van der Waals surface area contributed by atoms with Crippen LogP contribution in [0.25, 0.3) is 22.9 Å². The molecule has 4 heteroatoms. The lowest BCUT2D eigenvalue weighted by Gasteiger charge is -2.06. The van der Waals surface area contributed by atoms with Gasteiger partial charge in [-0.1, -0.05) is 36.4 Å². The molecule has 0 aromatic heterocycles. The predicted octanol–water partition coefficient (Wildman–Crippen LogP) is 5.31. The van der Waals surface area contributed by atoms with Gasteiger partial charge >= 0.3 is 0 Å². The summed E-state index contributed by atoms with van der Waals surface area (Å²) in [6.45, 7) is 0. The fraction of sp³-hybridized carbons (Fsp3) is 0. The largest absolute Gasteiger partial charge is 0.270 e. The van der Waals surface area contributed by atoms with Crippen LogP contribution in [0.5, 0.6) is 0 Å². The first-order valence-electron chi connectivity index (χ1n) is 5.15. The Kier molecular flexibility index (Phi) is 3.46. The Labute approximate surface area is 101 Å². The second-order valence-electron chi connectivity index (χ2n) is 3.66. The summed E-state index contributed by atoms with van der Waals surface area (Å²) >= 11 is 0. The maximum atomic E-state index is 12.4. The van der Waals surface area contributed by atoms with Crippen molar-refractivity contribution in [1.82, 2.24) is 0 Å². The summed E-state index contributed by atoms with van der Waals surface area (Å²) in [5, 5.41) is 1.24. The summed E-state index contributed by atoms with van der Waals surface area (Å²) in [6.07, 6.45) is -2.64. The van der Waals surface area contributed by atoms with Gasteiger partial charge in [-0.25, -0.2) is 0 Å². The van der Waals surface area contributed by atoms with Gasteiger partial charge in [-0.05, 0) is 21.9 Å². The SMILES string of the molecule is FC(F)=Cc1ccc2ccccc2c1C=C(F)F. The summed E-state index contributed by atoms with van der Waals surface area (Å²) in [4.78, 5) is 0. The maximum Gasteiger partial charge on any atom is 0.270 e. The highest BCUT2D eigenvalue weighted by Crippen LogP contribution is 2.27. The summed E-state index contributed by atoms with van der Waals surface area (Å²) < 4.78 is 49.4. The predicted molar refractivity (Wildman–Crippen MR) is 64.3 cm³/mol. The molecule has 0 aliphatic heterocycles. The summed E-state index contributed by atoms with van der Waals surface area (Å²) in [5.74, 6) is 0. The van der Waals surface area contributed by atoms with Crippen LogP contribution in [-0.2, 0) is 0 Å². The molecular formula is C14H8F4. The van der Waals surface area contributed by atoms with Crippen molar-refractivity contribution in [2.24, 2.45) is 0 Å². The number of hydrogen-bond donors (Lipinski definition) is 0. The van der Waals surface area contributed by atoms with E-state index in [4.69, 9.17) is 0 Å².